The van der Waals surface area contributed by atoms with Crippen LogP contribution in [0.2, 0.25) is 10.0 Å². The van der Waals surface area contributed by atoms with Crippen molar-refractivity contribution in [2.24, 2.45) is 0 Å². The highest BCUT2D eigenvalue weighted by molar-refractivity contribution is 6.42. The maximum absolute atomic E-state index is 9.47. The van der Waals surface area contributed by atoms with Gasteiger partial charge in [0, 0.05) is 13.0 Å². The normalized spacial score (nSPS) is 12.9. The summed E-state index contributed by atoms with van der Waals surface area (Å²) < 4.78 is 0. The molecule has 0 saturated heterocycles. The first-order valence-electron chi connectivity index (χ1n) is 3.89. The number of hydrogen-bond acceptors (Lipinski definition) is 2. The highest BCUT2D eigenvalue weighted by atomic mass is 35.5. The van der Waals surface area contributed by atoms with Gasteiger partial charge in [0.2, 0.25) is 0 Å². The van der Waals surface area contributed by atoms with Crippen molar-refractivity contribution in [2.45, 2.75) is 12.5 Å². The molecule has 1 aromatic rings. The minimum absolute atomic E-state index is 0.0542. The second-order valence-corrected chi connectivity index (χ2v) is 3.52. The number of benzene rings is 1. The van der Waals surface area contributed by atoms with E-state index in [0.717, 1.165) is 0 Å². The molecule has 0 amide bonds. The van der Waals surface area contributed by atoms with Gasteiger partial charge in [-0.1, -0.05) is 29.3 Å². The number of rotatable bonds is 3. The Kier molecular flexibility index (Phi) is 4.00. The van der Waals surface area contributed by atoms with E-state index in [-0.39, 0.29) is 6.61 Å². The van der Waals surface area contributed by atoms with Crippen LogP contribution < -0.4 is 0 Å². The molecule has 0 bridgehead atoms. The molecule has 1 aromatic carbocycles. The van der Waals surface area contributed by atoms with Crippen LogP contribution in [0.4, 0.5) is 0 Å². The summed E-state index contributed by atoms with van der Waals surface area (Å²) >= 11 is 11.5. The fraction of sp³-hybridized carbons (Fsp3) is 0.333. The van der Waals surface area contributed by atoms with Gasteiger partial charge in [0.1, 0.15) is 0 Å². The van der Waals surface area contributed by atoms with Gasteiger partial charge in [-0.15, -0.1) is 0 Å². The van der Waals surface area contributed by atoms with Gasteiger partial charge in [0.05, 0.1) is 16.1 Å². The molecule has 0 heterocycles. The van der Waals surface area contributed by atoms with Crippen molar-refractivity contribution in [3.05, 3.63) is 33.8 Å². The minimum atomic E-state index is -0.681. The summed E-state index contributed by atoms with van der Waals surface area (Å²) in [5.74, 6) is 0. The van der Waals surface area contributed by atoms with E-state index in [2.05, 4.69) is 0 Å². The van der Waals surface area contributed by atoms with E-state index in [9.17, 15) is 5.11 Å². The van der Waals surface area contributed by atoms with Crippen molar-refractivity contribution in [3.63, 3.8) is 0 Å². The van der Waals surface area contributed by atoms with Crippen LogP contribution in [0.15, 0.2) is 18.2 Å². The Morgan fingerprint density at radius 1 is 1.23 bits per heavy atom. The first kappa shape index (κ1) is 10.8. The summed E-state index contributed by atoms with van der Waals surface area (Å²) in [7, 11) is 0. The molecule has 0 aromatic heterocycles. The zero-order chi connectivity index (χ0) is 9.84. The van der Waals surface area contributed by atoms with Gasteiger partial charge in [-0.3, -0.25) is 0 Å². The van der Waals surface area contributed by atoms with Crippen LogP contribution in [0.25, 0.3) is 0 Å². The molecule has 13 heavy (non-hydrogen) atoms. The zero-order valence-corrected chi connectivity index (χ0v) is 8.39. The van der Waals surface area contributed by atoms with Gasteiger partial charge >= 0.3 is 0 Å². The molecule has 0 unspecified atom stereocenters. The number of aliphatic hydroxyl groups is 2. The van der Waals surface area contributed by atoms with E-state index in [1.807, 2.05) is 0 Å². The monoisotopic (exact) mass is 220 g/mol. The molecular weight excluding hydrogens is 211 g/mol. The van der Waals surface area contributed by atoms with Gasteiger partial charge in [-0.05, 0) is 17.7 Å². The number of halogens is 2. The van der Waals surface area contributed by atoms with E-state index in [4.69, 9.17) is 28.3 Å². The van der Waals surface area contributed by atoms with Crippen molar-refractivity contribution >= 4 is 23.2 Å². The average molecular weight is 221 g/mol. The third-order valence-corrected chi connectivity index (χ3v) is 2.47. The second-order valence-electron chi connectivity index (χ2n) is 2.70. The van der Waals surface area contributed by atoms with Gasteiger partial charge < -0.3 is 10.2 Å². The van der Waals surface area contributed by atoms with Gasteiger partial charge in [-0.25, -0.2) is 0 Å². The van der Waals surface area contributed by atoms with E-state index in [0.29, 0.717) is 22.0 Å². The van der Waals surface area contributed by atoms with Gasteiger partial charge in [-0.2, -0.15) is 0 Å². The summed E-state index contributed by atoms with van der Waals surface area (Å²) in [6, 6.07) is 4.92. The Bertz CT molecular complexity index is 289. The third kappa shape index (κ3) is 2.85. The lowest BCUT2D eigenvalue weighted by Crippen LogP contribution is -1.99. The predicted molar refractivity (Wildman–Crippen MR) is 53.1 cm³/mol. The van der Waals surface area contributed by atoms with Crippen LogP contribution >= 0.6 is 23.2 Å². The van der Waals surface area contributed by atoms with Crippen LogP contribution in [-0.4, -0.2) is 16.8 Å². The molecule has 0 fully saturated rings. The fourth-order valence-corrected chi connectivity index (χ4v) is 1.32. The first-order valence-corrected chi connectivity index (χ1v) is 4.64. The molecule has 72 valence electrons. The summed E-state index contributed by atoms with van der Waals surface area (Å²) in [6.07, 6.45) is -0.377. The average Bonchev–Trinajstić information content (AvgIpc) is 2.10. The molecule has 0 radical (unpaired) electrons. The van der Waals surface area contributed by atoms with Crippen LogP contribution in [0, 0.1) is 0 Å². The largest absolute Gasteiger partial charge is 0.396 e. The Hall–Kier alpha value is -0.280. The molecule has 0 aliphatic carbocycles. The molecule has 2 N–H and O–H groups in total. The van der Waals surface area contributed by atoms with Crippen molar-refractivity contribution in [2.75, 3.05) is 6.61 Å². The molecule has 4 heteroatoms. The van der Waals surface area contributed by atoms with Crippen molar-refractivity contribution in [1.29, 1.82) is 0 Å². The quantitative estimate of drug-likeness (QED) is 0.822. The molecule has 0 aliphatic rings. The Labute approximate surface area is 86.7 Å². The molecule has 1 atom stereocenters. The van der Waals surface area contributed by atoms with Crippen LogP contribution in [0.3, 0.4) is 0 Å². The van der Waals surface area contributed by atoms with Gasteiger partial charge in [0.25, 0.3) is 0 Å². The van der Waals surface area contributed by atoms with E-state index in [1.54, 1.807) is 18.2 Å². The summed E-state index contributed by atoms with van der Waals surface area (Å²) in [5.41, 5.74) is 0.670. The van der Waals surface area contributed by atoms with Crippen LogP contribution in [0.5, 0.6) is 0 Å². The molecule has 0 saturated carbocycles. The maximum Gasteiger partial charge on any atom is 0.0812 e. The topological polar surface area (TPSA) is 40.5 Å². The Balaban J connectivity index is 2.84. The molecular formula is C9H10Cl2O2. The number of aliphatic hydroxyl groups excluding tert-OH is 2. The fourth-order valence-electron chi connectivity index (χ4n) is 1.01. The smallest absolute Gasteiger partial charge is 0.0812 e. The highest BCUT2D eigenvalue weighted by Crippen LogP contribution is 2.26. The molecule has 0 aliphatic heterocycles. The second kappa shape index (κ2) is 4.82. The van der Waals surface area contributed by atoms with E-state index < -0.39 is 6.10 Å². The van der Waals surface area contributed by atoms with Gasteiger partial charge in [0.15, 0.2) is 0 Å². The molecule has 0 spiro atoms. The lowest BCUT2D eigenvalue weighted by molar-refractivity contribution is 0.134. The van der Waals surface area contributed by atoms with E-state index in [1.165, 1.54) is 0 Å². The van der Waals surface area contributed by atoms with Crippen LogP contribution in [0.1, 0.15) is 18.1 Å². The Morgan fingerprint density at radius 2 is 1.92 bits per heavy atom. The molecule has 2 nitrogen and oxygen atoms in total. The zero-order valence-electron chi connectivity index (χ0n) is 6.87. The first-order chi connectivity index (χ1) is 6.15. The van der Waals surface area contributed by atoms with E-state index >= 15 is 0 Å². The number of hydrogen-bond donors (Lipinski definition) is 2. The van der Waals surface area contributed by atoms with Crippen LogP contribution in [-0.2, 0) is 0 Å². The highest BCUT2D eigenvalue weighted by Gasteiger charge is 2.08. The summed E-state index contributed by atoms with van der Waals surface area (Å²) in [5, 5.41) is 18.9. The van der Waals surface area contributed by atoms with Crippen molar-refractivity contribution < 1.29 is 10.2 Å². The SMILES string of the molecule is OCC[C@H](O)c1ccc(Cl)c(Cl)c1. The lowest BCUT2D eigenvalue weighted by atomic mass is 10.1. The summed E-state index contributed by atoms with van der Waals surface area (Å²) in [4.78, 5) is 0. The summed E-state index contributed by atoms with van der Waals surface area (Å²) in [6.45, 7) is -0.0542. The maximum atomic E-state index is 9.47. The standard InChI is InChI=1S/C9H10Cl2O2/c10-7-2-1-6(5-8(7)11)9(13)3-4-12/h1-2,5,9,12-13H,3-4H2/t9-/m0/s1. The van der Waals surface area contributed by atoms with Crippen molar-refractivity contribution in [1.82, 2.24) is 0 Å². The predicted octanol–water partition coefficient (Wildman–Crippen LogP) is 2.41. The lowest BCUT2D eigenvalue weighted by Gasteiger charge is -2.09. The Morgan fingerprint density at radius 3 is 2.46 bits per heavy atom. The molecule has 1 rings (SSSR count). The minimum Gasteiger partial charge on any atom is -0.396 e. The van der Waals surface area contributed by atoms with Crippen molar-refractivity contribution in [3.8, 4) is 0 Å². The third-order valence-electron chi connectivity index (χ3n) is 1.73.